The predicted octanol–water partition coefficient (Wildman–Crippen LogP) is 2.18. The molecule has 4 heteroatoms. The molecule has 1 saturated heterocycles. The maximum atomic E-state index is 12.7. The van der Waals surface area contributed by atoms with Gasteiger partial charge in [-0.2, -0.15) is 0 Å². The summed E-state index contributed by atoms with van der Waals surface area (Å²) in [6.45, 7) is 9.22. The zero-order valence-corrected chi connectivity index (χ0v) is 13.2. The van der Waals surface area contributed by atoms with E-state index in [1.54, 1.807) is 0 Å². The molecule has 1 aliphatic heterocycles. The van der Waals surface area contributed by atoms with Crippen molar-refractivity contribution in [2.75, 3.05) is 6.54 Å². The van der Waals surface area contributed by atoms with Gasteiger partial charge in [-0.25, -0.2) is 0 Å². The molecule has 0 aromatic rings. The quantitative estimate of drug-likeness (QED) is 0.811. The predicted molar refractivity (Wildman–Crippen MR) is 79.1 cm³/mol. The van der Waals surface area contributed by atoms with Crippen LogP contribution in [-0.4, -0.2) is 35.3 Å². The summed E-state index contributed by atoms with van der Waals surface area (Å²) in [5, 5.41) is 2.96. The molecule has 0 aromatic carbocycles. The molecule has 2 rings (SSSR count). The van der Waals surface area contributed by atoms with Crippen molar-refractivity contribution < 1.29 is 9.59 Å². The first-order valence-corrected chi connectivity index (χ1v) is 8.01. The lowest BCUT2D eigenvalue weighted by Crippen LogP contribution is -2.64. The number of amides is 2. The van der Waals surface area contributed by atoms with Crippen LogP contribution in [-0.2, 0) is 9.59 Å². The lowest BCUT2D eigenvalue weighted by molar-refractivity contribution is -0.150. The van der Waals surface area contributed by atoms with Crippen LogP contribution in [0.25, 0.3) is 0 Å². The Bertz CT molecular complexity index is 375. The van der Waals surface area contributed by atoms with Gasteiger partial charge in [0, 0.05) is 6.54 Å². The van der Waals surface area contributed by atoms with Gasteiger partial charge < -0.3 is 10.2 Å². The average Bonchev–Trinajstić information content (AvgIpc) is 3.14. The van der Waals surface area contributed by atoms with Crippen LogP contribution in [0.3, 0.4) is 0 Å². The Morgan fingerprint density at radius 1 is 1.15 bits per heavy atom. The molecule has 1 saturated carbocycles. The van der Waals surface area contributed by atoms with Gasteiger partial charge in [-0.05, 0) is 43.4 Å². The van der Waals surface area contributed by atoms with Crippen LogP contribution < -0.4 is 5.32 Å². The van der Waals surface area contributed by atoms with Crippen LogP contribution in [0.4, 0.5) is 0 Å². The minimum absolute atomic E-state index is 0.0708. The second-order valence-corrected chi connectivity index (χ2v) is 7.19. The molecular weight excluding hydrogens is 252 g/mol. The van der Waals surface area contributed by atoms with Gasteiger partial charge in [0.25, 0.3) is 0 Å². The second-order valence-electron chi connectivity index (χ2n) is 7.19. The normalized spacial score (nSPS) is 27.4. The molecule has 2 amide bonds. The van der Waals surface area contributed by atoms with Crippen molar-refractivity contribution >= 4 is 11.8 Å². The molecular formula is C16H28N2O2. The molecule has 1 heterocycles. The molecule has 2 aliphatic rings. The van der Waals surface area contributed by atoms with E-state index in [0.717, 1.165) is 32.2 Å². The highest BCUT2D eigenvalue weighted by atomic mass is 16.2. The van der Waals surface area contributed by atoms with Crippen molar-refractivity contribution in [1.29, 1.82) is 0 Å². The van der Waals surface area contributed by atoms with Gasteiger partial charge in [0.1, 0.15) is 12.1 Å². The van der Waals surface area contributed by atoms with Crippen LogP contribution >= 0.6 is 0 Å². The van der Waals surface area contributed by atoms with Gasteiger partial charge in [0.05, 0.1) is 0 Å². The largest absolute Gasteiger partial charge is 0.342 e. The molecule has 0 spiro atoms. The summed E-state index contributed by atoms with van der Waals surface area (Å²) in [5.41, 5.74) is 0. The van der Waals surface area contributed by atoms with E-state index in [4.69, 9.17) is 0 Å². The van der Waals surface area contributed by atoms with E-state index in [1.165, 1.54) is 0 Å². The summed E-state index contributed by atoms with van der Waals surface area (Å²) in [5.74, 6) is 1.56. The Balaban J connectivity index is 2.10. The Hall–Kier alpha value is -1.06. The van der Waals surface area contributed by atoms with Crippen molar-refractivity contribution in [1.82, 2.24) is 10.2 Å². The number of hydrogen-bond acceptors (Lipinski definition) is 2. The fraction of sp³-hybridized carbons (Fsp3) is 0.875. The number of hydrogen-bond donors (Lipinski definition) is 1. The standard InChI is InChI=1S/C16H28N2O2/c1-10(2)7-8-18-14(12-5-6-12)15(19)17-13(16(18)20)9-11(3)4/h10-14H,5-9H2,1-4H3,(H,17,19). The molecule has 0 radical (unpaired) electrons. The van der Waals surface area contributed by atoms with Crippen LogP contribution in [0, 0.1) is 17.8 Å². The van der Waals surface area contributed by atoms with E-state index in [-0.39, 0.29) is 23.9 Å². The minimum atomic E-state index is -0.315. The zero-order valence-electron chi connectivity index (χ0n) is 13.2. The summed E-state index contributed by atoms with van der Waals surface area (Å²) in [6.07, 6.45) is 3.87. The van der Waals surface area contributed by atoms with Crippen molar-refractivity contribution in [3.63, 3.8) is 0 Å². The third-order valence-electron chi connectivity index (χ3n) is 4.23. The van der Waals surface area contributed by atoms with Gasteiger partial charge in [-0.3, -0.25) is 9.59 Å². The monoisotopic (exact) mass is 280 g/mol. The van der Waals surface area contributed by atoms with Crippen LogP contribution in [0.15, 0.2) is 0 Å². The van der Waals surface area contributed by atoms with Crippen molar-refractivity contribution in [2.45, 2.75) is 65.5 Å². The molecule has 0 aromatic heterocycles. The van der Waals surface area contributed by atoms with Crippen molar-refractivity contribution in [3.05, 3.63) is 0 Å². The molecule has 4 nitrogen and oxygen atoms in total. The highest BCUT2D eigenvalue weighted by Gasteiger charge is 2.47. The molecule has 114 valence electrons. The molecule has 2 unspecified atom stereocenters. The second kappa shape index (κ2) is 6.15. The number of nitrogens with zero attached hydrogens (tertiary/aromatic N) is 1. The van der Waals surface area contributed by atoms with E-state index in [2.05, 4.69) is 33.0 Å². The van der Waals surface area contributed by atoms with E-state index < -0.39 is 0 Å². The fourth-order valence-electron chi connectivity index (χ4n) is 2.96. The van der Waals surface area contributed by atoms with Crippen LogP contribution in [0.5, 0.6) is 0 Å². The van der Waals surface area contributed by atoms with Gasteiger partial charge in [0.15, 0.2) is 0 Å². The topological polar surface area (TPSA) is 49.4 Å². The first kappa shape index (κ1) is 15.3. The Morgan fingerprint density at radius 3 is 2.30 bits per heavy atom. The minimum Gasteiger partial charge on any atom is -0.342 e. The molecule has 1 N–H and O–H groups in total. The van der Waals surface area contributed by atoms with Gasteiger partial charge in [-0.15, -0.1) is 0 Å². The Labute approximate surface area is 122 Å². The summed E-state index contributed by atoms with van der Waals surface area (Å²) in [7, 11) is 0. The number of rotatable bonds is 6. The number of carbonyl (C=O) groups excluding carboxylic acids is 2. The Morgan fingerprint density at radius 2 is 1.80 bits per heavy atom. The number of nitrogens with one attached hydrogen (secondary N) is 1. The number of carbonyl (C=O) groups is 2. The molecule has 20 heavy (non-hydrogen) atoms. The smallest absolute Gasteiger partial charge is 0.245 e. The van der Waals surface area contributed by atoms with E-state index in [0.29, 0.717) is 17.8 Å². The lowest BCUT2D eigenvalue weighted by Gasteiger charge is -2.40. The molecule has 0 bridgehead atoms. The van der Waals surface area contributed by atoms with E-state index in [9.17, 15) is 9.59 Å². The zero-order chi connectivity index (χ0) is 14.9. The Kier molecular flexibility index (Phi) is 4.71. The number of piperazine rings is 1. The van der Waals surface area contributed by atoms with E-state index in [1.807, 2.05) is 4.90 Å². The first-order chi connectivity index (χ1) is 9.40. The molecule has 2 atom stereocenters. The lowest BCUT2D eigenvalue weighted by atomic mass is 9.96. The summed E-state index contributed by atoms with van der Waals surface area (Å²) < 4.78 is 0. The van der Waals surface area contributed by atoms with Crippen LogP contribution in [0.2, 0.25) is 0 Å². The third kappa shape index (κ3) is 3.53. The molecule has 1 aliphatic carbocycles. The summed E-state index contributed by atoms with van der Waals surface area (Å²) in [4.78, 5) is 26.9. The maximum absolute atomic E-state index is 12.7. The summed E-state index contributed by atoms with van der Waals surface area (Å²) >= 11 is 0. The van der Waals surface area contributed by atoms with Crippen LogP contribution in [0.1, 0.15) is 53.4 Å². The maximum Gasteiger partial charge on any atom is 0.245 e. The van der Waals surface area contributed by atoms with Crippen molar-refractivity contribution in [3.8, 4) is 0 Å². The van der Waals surface area contributed by atoms with Gasteiger partial charge >= 0.3 is 0 Å². The first-order valence-electron chi connectivity index (χ1n) is 8.01. The SMILES string of the molecule is CC(C)CCN1C(=O)C(CC(C)C)NC(=O)C1C1CC1. The van der Waals surface area contributed by atoms with E-state index >= 15 is 0 Å². The fourth-order valence-corrected chi connectivity index (χ4v) is 2.96. The van der Waals surface area contributed by atoms with Gasteiger partial charge in [-0.1, -0.05) is 27.7 Å². The summed E-state index contributed by atoms with van der Waals surface area (Å²) in [6, 6.07) is -0.519. The highest BCUT2D eigenvalue weighted by molar-refractivity contribution is 5.97. The average molecular weight is 280 g/mol. The van der Waals surface area contributed by atoms with Crippen molar-refractivity contribution in [2.24, 2.45) is 17.8 Å². The highest BCUT2D eigenvalue weighted by Crippen LogP contribution is 2.37. The molecule has 2 fully saturated rings. The third-order valence-corrected chi connectivity index (χ3v) is 4.23. The van der Waals surface area contributed by atoms with Gasteiger partial charge in [0.2, 0.25) is 11.8 Å².